The van der Waals surface area contributed by atoms with E-state index in [0.29, 0.717) is 48.9 Å². The summed E-state index contributed by atoms with van der Waals surface area (Å²) in [4.78, 5) is 5.12. The van der Waals surface area contributed by atoms with Crippen molar-refractivity contribution < 1.29 is 19.7 Å². The van der Waals surface area contributed by atoms with Crippen LogP contribution in [0.15, 0.2) is 97.1 Å². The second-order valence-electron chi connectivity index (χ2n) is 19.0. The van der Waals surface area contributed by atoms with Gasteiger partial charge in [-0.05, 0) is 90.2 Å². The van der Waals surface area contributed by atoms with Crippen LogP contribution in [0.4, 0.5) is 0 Å². The van der Waals surface area contributed by atoms with Gasteiger partial charge in [0.25, 0.3) is 0 Å². The zero-order chi connectivity index (χ0) is 42.0. The van der Waals surface area contributed by atoms with Gasteiger partial charge in [-0.25, -0.2) is 0 Å². The molecule has 2 saturated heterocycles. The van der Waals surface area contributed by atoms with Gasteiger partial charge in [0.05, 0.1) is 39.6 Å². The smallest absolute Gasteiger partial charge is 0.120 e. The van der Waals surface area contributed by atoms with Crippen LogP contribution >= 0.6 is 0 Å². The third-order valence-electron chi connectivity index (χ3n) is 13.4. The highest BCUT2D eigenvalue weighted by molar-refractivity contribution is 6.38. The Hall–Kier alpha value is -3.49. The summed E-state index contributed by atoms with van der Waals surface area (Å²) in [6.07, 6.45) is 7.14. The molecule has 2 atom stereocenters. The number of ether oxygens (including phenoxy) is 2. The van der Waals surface area contributed by atoms with E-state index in [0.717, 1.165) is 51.9 Å². The highest BCUT2D eigenvalue weighted by Crippen LogP contribution is 2.42. The Morgan fingerprint density at radius 2 is 0.883 bits per heavy atom. The van der Waals surface area contributed by atoms with Crippen LogP contribution in [0.1, 0.15) is 98.4 Å². The fourth-order valence-corrected chi connectivity index (χ4v) is 9.83. The molecule has 8 heteroatoms. The van der Waals surface area contributed by atoms with Crippen molar-refractivity contribution in [3.05, 3.63) is 130 Å². The summed E-state index contributed by atoms with van der Waals surface area (Å²) in [6.45, 7) is 16.2. The van der Waals surface area contributed by atoms with E-state index in [9.17, 15) is 10.2 Å². The van der Waals surface area contributed by atoms with Crippen molar-refractivity contribution in [3.63, 3.8) is 0 Å². The van der Waals surface area contributed by atoms with Gasteiger partial charge in [0.2, 0.25) is 0 Å². The van der Waals surface area contributed by atoms with Gasteiger partial charge in [-0.2, -0.15) is 0 Å². The molecule has 0 bridgehead atoms. The highest BCUT2D eigenvalue weighted by Gasteiger charge is 2.31. The number of hydrogen-bond acceptors (Lipinski definition) is 6. The maximum atomic E-state index is 9.53. The van der Waals surface area contributed by atoms with Crippen molar-refractivity contribution >= 4 is 36.1 Å². The van der Waals surface area contributed by atoms with Gasteiger partial charge in [0.1, 0.15) is 14.6 Å². The molecule has 6 nitrogen and oxygen atoms in total. The largest absolute Gasteiger partial charge is 0.394 e. The van der Waals surface area contributed by atoms with E-state index in [1.807, 2.05) is 0 Å². The molecule has 5 aromatic carbocycles. The molecule has 60 heavy (non-hydrogen) atoms. The summed E-state index contributed by atoms with van der Waals surface area (Å²) in [5, 5.41) is 24.2. The third-order valence-corrected chi connectivity index (χ3v) is 13.4. The second-order valence-corrected chi connectivity index (χ2v) is 19.0. The number of rotatable bonds is 20. The number of benzene rings is 5. The predicted molar refractivity (Wildman–Crippen MR) is 251 cm³/mol. The molecular weight excluding hydrogens is 738 g/mol. The highest BCUT2D eigenvalue weighted by atomic mass is 16.5. The zero-order valence-electron chi connectivity index (χ0n) is 36.9. The van der Waals surface area contributed by atoms with E-state index < -0.39 is 0 Å². The zero-order valence-corrected chi connectivity index (χ0v) is 36.9. The normalized spacial score (nSPS) is 18.9. The Morgan fingerprint density at radius 3 is 1.23 bits per heavy atom. The second kappa shape index (κ2) is 21.1. The van der Waals surface area contributed by atoms with E-state index in [4.69, 9.17) is 9.47 Å². The molecule has 0 spiro atoms. The summed E-state index contributed by atoms with van der Waals surface area (Å²) in [7, 11) is 5.12. The van der Waals surface area contributed by atoms with Crippen LogP contribution in [0.5, 0.6) is 0 Å². The number of hydrogen-bond donors (Lipinski definition) is 2. The quantitative estimate of drug-likeness (QED) is 0.0464. The molecule has 0 saturated carbocycles. The van der Waals surface area contributed by atoms with E-state index in [1.54, 1.807) is 0 Å². The lowest BCUT2D eigenvalue weighted by Crippen LogP contribution is -2.30. The molecular formula is C52H68B2N2O4. The van der Waals surface area contributed by atoms with Gasteiger partial charge in [-0.3, -0.25) is 9.80 Å². The molecule has 0 aliphatic carbocycles. The number of aliphatic hydroxyl groups is 2. The topological polar surface area (TPSA) is 65.4 Å². The van der Waals surface area contributed by atoms with Crippen molar-refractivity contribution in [1.82, 2.24) is 9.80 Å². The molecule has 2 unspecified atom stereocenters. The fraction of sp³-hybridized carbons (Fsp3) is 0.500. The molecule has 316 valence electrons. The first kappa shape index (κ1) is 44.6. The molecule has 2 aliphatic heterocycles. The molecule has 2 radical (unpaired) electrons. The van der Waals surface area contributed by atoms with Gasteiger partial charge in [0, 0.05) is 39.3 Å². The molecule has 0 aromatic heterocycles. The molecule has 2 N–H and O–H groups in total. The lowest BCUT2D eigenvalue weighted by atomic mass is 9.47. The van der Waals surface area contributed by atoms with Gasteiger partial charge in [0.15, 0.2) is 0 Å². The van der Waals surface area contributed by atoms with Crippen LogP contribution < -0.4 is 0 Å². The minimum atomic E-state index is 0.0287. The Kier molecular flexibility index (Phi) is 15.6. The maximum Gasteiger partial charge on any atom is 0.120 e. The van der Waals surface area contributed by atoms with Crippen LogP contribution in [0.2, 0.25) is 12.6 Å². The van der Waals surface area contributed by atoms with Crippen molar-refractivity contribution in [2.24, 2.45) is 10.8 Å². The lowest BCUT2D eigenvalue weighted by Gasteiger charge is -2.35. The van der Waals surface area contributed by atoms with E-state index >= 15 is 0 Å². The Labute approximate surface area is 362 Å². The SMILES string of the molecule is CC1(C)C[B]C(c2ccccc2CN(CCOCCO)Cc2c3ccccc3c(CN(CCOCCO)Cc3ccccc3C3[B]CC(C)(C)CC3)c3ccccc23)CC1. The predicted octanol–water partition coefficient (Wildman–Crippen LogP) is 9.98. The van der Waals surface area contributed by atoms with E-state index in [1.165, 1.54) is 80.6 Å². The van der Waals surface area contributed by atoms with Crippen molar-refractivity contribution in [1.29, 1.82) is 0 Å². The summed E-state index contributed by atoms with van der Waals surface area (Å²) in [5.41, 5.74) is 9.11. The number of aliphatic hydroxyl groups excluding tert-OH is 2. The summed E-state index contributed by atoms with van der Waals surface area (Å²) in [6, 6.07) is 36.2. The average Bonchev–Trinajstić information content (AvgIpc) is 3.25. The fourth-order valence-electron chi connectivity index (χ4n) is 9.83. The Morgan fingerprint density at radius 1 is 0.517 bits per heavy atom. The van der Waals surface area contributed by atoms with Gasteiger partial charge in [-0.15, -0.1) is 0 Å². The summed E-state index contributed by atoms with van der Waals surface area (Å²) in [5.74, 6) is 0.944. The summed E-state index contributed by atoms with van der Waals surface area (Å²) < 4.78 is 11.8. The van der Waals surface area contributed by atoms with Crippen LogP contribution in [-0.4, -0.2) is 87.3 Å². The van der Waals surface area contributed by atoms with Crippen LogP contribution in [0.25, 0.3) is 21.5 Å². The monoisotopic (exact) mass is 807 g/mol. The molecule has 7 rings (SSSR count). The molecule has 5 aromatic rings. The number of fused-ring (bicyclic) bond motifs is 2. The van der Waals surface area contributed by atoms with Gasteiger partial charge >= 0.3 is 0 Å². The molecule has 0 amide bonds. The first-order chi connectivity index (χ1) is 29.1. The van der Waals surface area contributed by atoms with Crippen LogP contribution in [0, 0.1) is 10.8 Å². The van der Waals surface area contributed by atoms with Crippen LogP contribution in [0.3, 0.4) is 0 Å². The standard InChI is InChI=1S/C52H68B2N2O4/c1-51(2)23-21-49(53-37-51)41-15-7-5-13-39(41)33-55(25-29-59-31-27-57)35-47-43-17-9-11-19-45(43)48(46-20-12-10-18-44(46)47)36-56(26-30-60-32-28-58)34-40-14-6-8-16-42(40)50-22-24-52(3,4)38-54-50/h5-20,49-50,57-58H,21-38H2,1-4H3. The first-order valence-electron chi connectivity index (χ1n) is 22.7. The Bertz CT molecular complexity index is 1910. The maximum absolute atomic E-state index is 9.53. The van der Waals surface area contributed by atoms with Gasteiger partial charge < -0.3 is 19.7 Å². The molecule has 2 fully saturated rings. The third kappa shape index (κ3) is 11.5. The summed E-state index contributed by atoms with van der Waals surface area (Å²) >= 11 is 0. The van der Waals surface area contributed by atoms with Crippen molar-refractivity contribution in [3.8, 4) is 0 Å². The van der Waals surface area contributed by atoms with Crippen molar-refractivity contribution in [2.75, 3.05) is 52.7 Å². The molecule has 2 heterocycles. The van der Waals surface area contributed by atoms with Gasteiger partial charge in [-0.1, -0.05) is 150 Å². The minimum absolute atomic E-state index is 0.0287. The van der Waals surface area contributed by atoms with Crippen LogP contribution in [-0.2, 0) is 35.7 Å². The number of nitrogens with zero attached hydrogens (tertiary/aromatic N) is 2. The molecule has 2 aliphatic rings. The minimum Gasteiger partial charge on any atom is -0.394 e. The average molecular weight is 807 g/mol. The van der Waals surface area contributed by atoms with Crippen molar-refractivity contribution in [2.45, 2.75) is 104 Å². The van der Waals surface area contributed by atoms with E-state index in [2.05, 4.69) is 149 Å². The van der Waals surface area contributed by atoms with E-state index in [-0.39, 0.29) is 13.2 Å². The first-order valence-corrected chi connectivity index (χ1v) is 22.7. The Balaban J connectivity index is 1.22. The lowest BCUT2D eigenvalue weighted by molar-refractivity contribution is 0.0703.